The highest BCUT2D eigenvalue weighted by molar-refractivity contribution is 9.11. The van der Waals surface area contributed by atoms with Crippen LogP contribution in [0.1, 0.15) is 0 Å². The molecule has 0 atom stereocenters. The molecular formula is C9H12BrNO3S2. The smallest absolute Gasteiger partial charge is 0.252 e. The van der Waals surface area contributed by atoms with Gasteiger partial charge in [0.15, 0.2) is 0 Å². The fourth-order valence-corrected chi connectivity index (χ4v) is 4.69. The molecule has 16 heavy (non-hydrogen) atoms. The Bertz CT molecular complexity index is 455. The van der Waals surface area contributed by atoms with Gasteiger partial charge in [-0.25, -0.2) is 8.42 Å². The first-order chi connectivity index (χ1) is 7.52. The van der Waals surface area contributed by atoms with Crippen LogP contribution >= 0.6 is 27.3 Å². The maximum absolute atomic E-state index is 12.1. The lowest BCUT2D eigenvalue weighted by Gasteiger charge is -2.18. The number of thiophene rings is 1. The predicted molar refractivity (Wildman–Crippen MR) is 68.1 cm³/mol. The van der Waals surface area contributed by atoms with E-state index in [1.54, 1.807) is 6.07 Å². The molecule has 1 aromatic rings. The van der Waals surface area contributed by atoms with Crippen molar-refractivity contribution in [2.24, 2.45) is 0 Å². The molecule has 90 valence electrons. The highest BCUT2D eigenvalue weighted by atomic mass is 79.9. The first-order valence-electron chi connectivity index (χ1n) is 4.49. The third-order valence-corrected chi connectivity index (χ3v) is 5.78. The van der Waals surface area contributed by atoms with Gasteiger partial charge >= 0.3 is 0 Å². The SMILES string of the molecule is C=CCN(CCO)S(=O)(=O)c1ccc(Br)s1. The van der Waals surface area contributed by atoms with Crippen LogP contribution in [0.3, 0.4) is 0 Å². The molecule has 7 heteroatoms. The molecule has 0 unspecified atom stereocenters. The first-order valence-corrected chi connectivity index (χ1v) is 7.54. The number of aliphatic hydroxyl groups excluding tert-OH is 1. The number of hydrogen-bond donors (Lipinski definition) is 1. The third-order valence-electron chi connectivity index (χ3n) is 1.82. The van der Waals surface area contributed by atoms with Crippen LogP contribution in [0.5, 0.6) is 0 Å². The third kappa shape index (κ3) is 3.14. The average Bonchev–Trinajstić information content (AvgIpc) is 2.65. The molecule has 0 aliphatic carbocycles. The van der Waals surface area contributed by atoms with E-state index in [0.717, 1.165) is 15.1 Å². The zero-order chi connectivity index (χ0) is 12.2. The molecule has 1 heterocycles. The van der Waals surface area contributed by atoms with Crippen molar-refractivity contribution < 1.29 is 13.5 Å². The Labute approximate surface area is 107 Å². The van der Waals surface area contributed by atoms with Crippen LogP contribution in [-0.4, -0.2) is 37.5 Å². The second-order valence-corrected chi connectivity index (χ2v) is 7.56. The summed E-state index contributed by atoms with van der Waals surface area (Å²) in [5.74, 6) is 0. The van der Waals surface area contributed by atoms with E-state index in [1.807, 2.05) is 0 Å². The second kappa shape index (κ2) is 5.92. The molecule has 1 rings (SSSR count). The van der Waals surface area contributed by atoms with Crippen molar-refractivity contribution in [1.29, 1.82) is 0 Å². The highest BCUT2D eigenvalue weighted by Crippen LogP contribution is 2.28. The summed E-state index contributed by atoms with van der Waals surface area (Å²) in [6.07, 6.45) is 1.50. The summed E-state index contributed by atoms with van der Waals surface area (Å²) < 4.78 is 26.4. The Morgan fingerprint density at radius 2 is 2.25 bits per heavy atom. The van der Waals surface area contributed by atoms with Crippen molar-refractivity contribution in [3.63, 3.8) is 0 Å². The van der Waals surface area contributed by atoms with Crippen molar-refractivity contribution in [1.82, 2.24) is 4.31 Å². The van der Waals surface area contributed by atoms with Crippen LogP contribution in [0.4, 0.5) is 0 Å². The van der Waals surface area contributed by atoms with Crippen molar-refractivity contribution in [2.45, 2.75) is 4.21 Å². The monoisotopic (exact) mass is 325 g/mol. The second-order valence-electron chi connectivity index (χ2n) is 2.93. The van der Waals surface area contributed by atoms with E-state index in [9.17, 15) is 8.42 Å². The lowest BCUT2D eigenvalue weighted by atomic mass is 10.6. The van der Waals surface area contributed by atoms with Gasteiger partial charge in [-0.1, -0.05) is 6.08 Å². The van der Waals surface area contributed by atoms with Crippen molar-refractivity contribution in [3.8, 4) is 0 Å². The van der Waals surface area contributed by atoms with Crippen LogP contribution in [0.2, 0.25) is 0 Å². The number of nitrogens with zero attached hydrogens (tertiary/aromatic N) is 1. The first kappa shape index (κ1) is 13.9. The van der Waals surface area contributed by atoms with Gasteiger partial charge in [-0.2, -0.15) is 4.31 Å². The summed E-state index contributed by atoms with van der Waals surface area (Å²) >= 11 is 4.36. The summed E-state index contributed by atoms with van der Waals surface area (Å²) in [6.45, 7) is 3.56. The van der Waals surface area contributed by atoms with E-state index in [1.165, 1.54) is 16.4 Å². The molecule has 0 aromatic carbocycles. The van der Waals surface area contributed by atoms with Crippen LogP contribution in [-0.2, 0) is 10.0 Å². The number of halogens is 1. The van der Waals surface area contributed by atoms with Gasteiger partial charge in [0.2, 0.25) is 0 Å². The molecule has 4 nitrogen and oxygen atoms in total. The van der Waals surface area contributed by atoms with Gasteiger partial charge in [0, 0.05) is 13.1 Å². The normalized spacial score (nSPS) is 11.9. The molecule has 1 aromatic heterocycles. The molecule has 0 amide bonds. The van der Waals surface area contributed by atoms with Gasteiger partial charge in [0.25, 0.3) is 10.0 Å². The van der Waals surface area contributed by atoms with E-state index in [2.05, 4.69) is 22.5 Å². The van der Waals surface area contributed by atoms with E-state index < -0.39 is 10.0 Å². The fourth-order valence-electron chi connectivity index (χ4n) is 1.13. The van der Waals surface area contributed by atoms with Gasteiger partial charge in [0.05, 0.1) is 10.4 Å². The van der Waals surface area contributed by atoms with E-state index in [4.69, 9.17) is 5.11 Å². The van der Waals surface area contributed by atoms with Gasteiger partial charge in [-0.15, -0.1) is 17.9 Å². The van der Waals surface area contributed by atoms with Crippen LogP contribution in [0.25, 0.3) is 0 Å². The molecule has 0 aliphatic rings. The quantitative estimate of drug-likeness (QED) is 0.809. The zero-order valence-electron chi connectivity index (χ0n) is 8.47. The molecule has 0 saturated heterocycles. The Kier molecular flexibility index (Phi) is 5.13. The van der Waals surface area contributed by atoms with Gasteiger partial charge in [-0.3, -0.25) is 0 Å². The van der Waals surface area contributed by atoms with Crippen LogP contribution in [0, 0.1) is 0 Å². The number of aliphatic hydroxyl groups is 1. The highest BCUT2D eigenvalue weighted by Gasteiger charge is 2.24. The molecule has 0 bridgehead atoms. The lowest BCUT2D eigenvalue weighted by molar-refractivity contribution is 0.260. The minimum Gasteiger partial charge on any atom is -0.395 e. The standard InChI is InChI=1S/C9H12BrNO3S2/c1-2-5-11(6-7-12)16(13,14)9-4-3-8(10)15-9/h2-4,12H,1,5-7H2. The van der Waals surface area contributed by atoms with Crippen molar-refractivity contribution in [2.75, 3.05) is 19.7 Å². The van der Waals surface area contributed by atoms with Crippen molar-refractivity contribution in [3.05, 3.63) is 28.6 Å². The maximum Gasteiger partial charge on any atom is 0.252 e. The summed E-state index contributed by atoms with van der Waals surface area (Å²) in [4.78, 5) is 0. The minimum atomic E-state index is -3.51. The summed E-state index contributed by atoms with van der Waals surface area (Å²) in [7, 11) is -3.51. The molecule has 0 spiro atoms. The predicted octanol–water partition coefficient (Wildman–Crippen LogP) is 1.68. The number of sulfonamides is 1. The summed E-state index contributed by atoms with van der Waals surface area (Å²) in [5.41, 5.74) is 0. The van der Waals surface area contributed by atoms with Crippen molar-refractivity contribution >= 4 is 37.3 Å². The maximum atomic E-state index is 12.1. The summed E-state index contributed by atoms with van der Waals surface area (Å²) in [6, 6.07) is 3.22. The molecule has 1 N–H and O–H groups in total. The van der Waals surface area contributed by atoms with Gasteiger partial charge < -0.3 is 5.11 Å². The molecule has 0 fully saturated rings. The summed E-state index contributed by atoms with van der Waals surface area (Å²) in [5, 5.41) is 8.83. The number of rotatable bonds is 6. The minimum absolute atomic E-state index is 0.0733. The van der Waals surface area contributed by atoms with Crippen LogP contribution < -0.4 is 0 Å². The Morgan fingerprint density at radius 1 is 1.56 bits per heavy atom. The lowest BCUT2D eigenvalue weighted by Crippen LogP contribution is -2.33. The van der Waals surface area contributed by atoms with E-state index in [-0.39, 0.29) is 23.9 Å². The van der Waals surface area contributed by atoms with E-state index in [0.29, 0.717) is 0 Å². The van der Waals surface area contributed by atoms with E-state index >= 15 is 0 Å². The molecular weight excluding hydrogens is 314 g/mol. The zero-order valence-corrected chi connectivity index (χ0v) is 11.7. The largest absolute Gasteiger partial charge is 0.395 e. The van der Waals surface area contributed by atoms with Gasteiger partial charge in [0.1, 0.15) is 4.21 Å². The average molecular weight is 326 g/mol. The van der Waals surface area contributed by atoms with Gasteiger partial charge in [-0.05, 0) is 28.1 Å². The molecule has 0 saturated carbocycles. The molecule has 0 aliphatic heterocycles. The fraction of sp³-hybridized carbons (Fsp3) is 0.333. The Balaban J connectivity index is 3.02. The topological polar surface area (TPSA) is 57.6 Å². The molecule has 0 radical (unpaired) electrons. The number of hydrogen-bond acceptors (Lipinski definition) is 4. The Morgan fingerprint density at radius 3 is 2.69 bits per heavy atom. The Hall–Kier alpha value is -0.210. The van der Waals surface area contributed by atoms with Crippen LogP contribution in [0.15, 0.2) is 32.8 Å².